The van der Waals surface area contributed by atoms with Crippen molar-refractivity contribution < 1.29 is 9.59 Å². The van der Waals surface area contributed by atoms with Gasteiger partial charge in [0.1, 0.15) is 0 Å². The quantitative estimate of drug-likeness (QED) is 0.189. The Kier molecular flexibility index (Phi) is 7.80. The molecule has 0 radical (unpaired) electrons. The molecule has 2 aromatic carbocycles. The molecule has 0 spiro atoms. The third kappa shape index (κ3) is 5.57. The average molecular weight is 497 g/mol. The number of aromatic nitrogens is 1. The van der Waals surface area contributed by atoms with E-state index in [2.05, 4.69) is 10.3 Å². The summed E-state index contributed by atoms with van der Waals surface area (Å²) in [5, 5.41) is 5.14. The molecule has 34 heavy (non-hydrogen) atoms. The van der Waals surface area contributed by atoms with Crippen LogP contribution in [-0.2, 0) is 17.6 Å². The zero-order valence-electron chi connectivity index (χ0n) is 19.0. The number of aliphatic imine (C=N–C) groups is 1. The van der Waals surface area contributed by atoms with Crippen molar-refractivity contribution >= 4 is 58.4 Å². The Hall–Kier alpha value is -2.96. The van der Waals surface area contributed by atoms with E-state index in [1.807, 2.05) is 19.1 Å². The maximum absolute atomic E-state index is 12.7. The fourth-order valence-electron chi connectivity index (χ4n) is 4.07. The highest BCUT2D eigenvalue weighted by atomic mass is 35.5. The topological polar surface area (TPSA) is 74.7 Å². The normalized spacial score (nSPS) is 13.1. The minimum absolute atomic E-state index is 0.182. The number of nitrogens with one attached hydrogen (secondary N) is 1. The SMILES string of the molecule is Cc1ccc(Cl)cc1N=CN(C=O)CCCNC(=O)c1ccc2c(Cl)c3c(nc2c1)CCCC3. The fraction of sp³-hybridized carbons (Fsp3) is 0.308. The molecule has 0 atom stereocenters. The molecule has 0 saturated heterocycles. The first kappa shape index (κ1) is 24.2. The second-order valence-corrected chi connectivity index (χ2v) is 9.23. The van der Waals surface area contributed by atoms with Gasteiger partial charge in [-0.05, 0) is 74.4 Å². The number of aryl methyl sites for hydroxylation is 2. The van der Waals surface area contributed by atoms with Crippen LogP contribution in [0.25, 0.3) is 10.9 Å². The van der Waals surface area contributed by atoms with Gasteiger partial charge in [-0.3, -0.25) is 14.6 Å². The largest absolute Gasteiger partial charge is 0.352 e. The highest BCUT2D eigenvalue weighted by Crippen LogP contribution is 2.33. The number of halogens is 2. The average Bonchev–Trinajstić information content (AvgIpc) is 2.85. The zero-order chi connectivity index (χ0) is 24.1. The van der Waals surface area contributed by atoms with Crippen LogP contribution in [0.4, 0.5) is 5.69 Å². The Balaban J connectivity index is 1.34. The molecule has 0 aliphatic heterocycles. The zero-order valence-corrected chi connectivity index (χ0v) is 20.5. The Labute approximate surface area is 209 Å². The van der Waals surface area contributed by atoms with E-state index >= 15 is 0 Å². The van der Waals surface area contributed by atoms with Crippen LogP contribution in [0.1, 0.15) is 46.4 Å². The summed E-state index contributed by atoms with van der Waals surface area (Å²) in [6.45, 7) is 2.77. The summed E-state index contributed by atoms with van der Waals surface area (Å²) in [6, 6.07) is 10.9. The molecule has 1 aromatic heterocycles. The van der Waals surface area contributed by atoms with E-state index in [1.54, 1.807) is 24.3 Å². The molecule has 8 heteroatoms. The predicted octanol–water partition coefficient (Wildman–Crippen LogP) is 5.67. The van der Waals surface area contributed by atoms with Crippen LogP contribution in [0, 0.1) is 6.92 Å². The lowest BCUT2D eigenvalue weighted by Gasteiger charge is -2.18. The standard InChI is InChI=1S/C26H26Cl2N4O2/c1-17-7-9-19(27)14-23(17)30-15-32(16-33)12-4-11-29-26(34)18-8-10-21-24(13-18)31-22-6-3-2-5-20(22)25(21)28/h7-10,13-16H,2-6,11-12H2,1H3,(H,29,34). The number of rotatable bonds is 8. The smallest absolute Gasteiger partial charge is 0.251 e. The molecule has 1 aliphatic rings. The molecular formula is C26H26Cl2N4O2. The van der Waals surface area contributed by atoms with Gasteiger partial charge in [0.15, 0.2) is 0 Å². The third-order valence-electron chi connectivity index (χ3n) is 5.99. The van der Waals surface area contributed by atoms with Gasteiger partial charge >= 0.3 is 0 Å². The number of amides is 2. The van der Waals surface area contributed by atoms with Gasteiger partial charge in [-0.1, -0.05) is 35.3 Å². The van der Waals surface area contributed by atoms with E-state index in [4.69, 9.17) is 28.2 Å². The summed E-state index contributed by atoms with van der Waals surface area (Å²) in [7, 11) is 0. The van der Waals surface area contributed by atoms with Gasteiger partial charge in [0.2, 0.25) is 6.41 Å². The second-order valence-electron chi connectivity index (χ2n) is 8.42. The number of pyridine rings is 1. The van der Waals surface area contributed by atoms with Crippen LogP contribution in [0.3, 0.4) is 0 Å². The van der Waals surface area contributed by atoms with Gasteiger partial charge in [-0.25, -0.2) is 4.99 Å². The Morgan fingerprint density at radius 2 is 2.00 bits per heavy atom. The third-order valence-corrected chi connectivity index (χ3v) is 6.65. The van der Waals surface area contributed by atoms with E-state index in [0.29, 0.717) is 42.2 Å². The van der Waals surface area contributed by atoms with E-state index in [0.717, 1.165) is 58.4 Å². The highest BCUT2D eigenvalue weighted by molar-refractivity contribution is 6.36. The first-order valence-electron chi connectivity index (χ1n) is 11.4. The second kappa shape index (κ2) is 11.0. The van der Waals surface area contributed by atoms with Crippen molar-refractivity contribution in [3.8, 4) is 0 Å². The van der Waals surface area contributed by atoms with Gasteiger partial charge in [0.25, 0.3) is 5.91 Å². The number of hydrogen-bond donors (Lipinski definition) is 1. The van der Waals surface area contributed by atoms with Gasteiger partial charge in [0.05, 0.1) is 22.6 Å². The molecular weight excluding hydrogens is 471 g/mol. The maximum Gasteiger partial charge on any atom is 0.251 e. The number of nitrogens with zero attached hydrogens (tertiary/aromatic N) is 3. The lowest BCUT2D eigenvalue weighted by atomic mass is 9.94. The fourth-order valence-corrected chi connectivity index (χ4v) is 4.60. The van der Waals surface area contributed by atoms with E-state index in [-0.39, 0.29) is 5.91 Å². The van der Waals surface area contributed by atoms with Crippen LogP contribution < -0.4 is 5.32 Å². The van der Waals surface area contributed by atoms with Crippen molar-refractivity contribution in [3.05, 3.63) is 68.8 Å². The summed E-state index contributed by atoms with van der Waals surface area (Å²) in [6.07, 6.45) is 6.90. The number of carbonyl (C=O) groups excluding carboxylic acids is 2. The maximum atomic E-state index is 12.7. The molecule has 1 N–H and O–H groups in total. The summed E-state index contributed by atoms with van der Waals surface area (Å²) < 4.78 is 0. The van der Waals surface area contributed by atoms with Crippen molar-refractivity contribution in [2.24, 2.45) is 4.99 Å². The number of carbonyl (C=O) groups is 2. The molecule has 1 heterocycles. The predicted molar refractivity (Wildman–Crippen MR) is 137 cm³/mol. The molecule has 4 rings (SSSR count). The Morgan fingerprint density at radius 3 is 2.82 bits per heavy atom. The van der Waals surface area contributed by atoms with Crippen molar-refractivity contribution in [2.45, 2.75) is 39.0 Å². The number of fused-ring (bicyclic) bond motifs is 2. The number of hydrogen-bond acceptors (Lipinski definition) is 4. The molecule has 0 bridgehead atoms. The summed E-state index contributed by atoms with van der Waals surface area (Å²) in [4.78, 5) is 34.6. The van der Waals surface area contributed by atoms with Crippen LogP contribution in [0.5, 0.6) is 0 Å². The van der Waals surface area contributed by atoms with Gasteiger partial charge in [-0.2, -0.15) is 0 Å². The van der Waals surface area contributed by atoms with E-state index in [1.165, 1.54) is 11.2 Å². The van der Waals surface area contributed by atoms with Crippen molar-refractivity contribution in [1.29, 1.82) is 0 Å². The molecule has 3 aromatic rings. The minimum Gasteiger partial charge on any atom is -0.352 e. The van der Waals surface area contributed by atoms with E-state index < -0.39 is 0 Å². The molecule has 2 amide bonds. The Bertz CT molecular complexity index is 1260. The van der Waals surface area contributed by atoms with E-state index in [9.17, 15) is 9.59 Å². The molecule has 0 saturated carbocycles. The summed E-state index contributed by atoms with van der Waals surface area (Å²) in [5.41, 5.74) is 5.15. The molecule has 1 aliphatic carbocycles. The van der Waals surface area contributed by atoms with Crippen LogP contribution >= 0.6 is 23.2 Å². The van der Waals surface area contributed by atoms with Crippen LogP contribution in [-0.4, -0.2) is 41.6 Å². The monoisotopic (exact) mass is 496 g/mol. The van der Waals surface area contributed by atoms with Crippen LogP contribution in [0.15, 0.2) is 41.4 Å². The molecule has 6 nitrogen and oxygen atoms in total. The number of benzene rings is 2. The first-order chi connectivity index (χ1) is 16.5. The molecule has 0 fully saturated rings. The van der Waals surface area contributed by atoms with Gasteiger partial charge in [0, 0.05) is 34.8 Å². The lowest BCUT2D eigenvalue weighted by Crippen LogP contribution is -2.28. The first-order valence-corrected chi connectivity index (χ1v) is 12.1. The van der Waals surface area contributed by atoms with Crippen molar-refractivity contribution in [2.75, 3.05) is 13.1 Å². The molecule has 0 unspecified atom stereocenters. The van der Waals surface area contributed by atoms with Gasteiger partial charge < -0.3 is 10.2 Å². The lowest BCUT2D eigenvalue weighted by molar-refractivity contribution is -0.114. The van der Waals surface area contributed by atoms with Crippen molar-refractivity contribution in [1.82, 2.24) is 15.2 Å². The van der Waals surface area contributed by atoms with Gasteiger partial charge in [-0.15, -0.1) is 0 Å². The molecule has 176 valence electrons. The Morgan fingerprint density at radius 1 is 1.18 bits per heavy atom. The van der Waals surface area contributed by atoms with Crippen LogP contribution in [0.2, 0.25) is 10.0 Å². The summed E-state index contributed by atoms with van der Waals surface area (Å²) in [5.74, 6) is -0.182. The highest BCUT2D eigenvalue weighted by Gasteiger charge is 2.18. The van der Waals surface area contributed by atoms with Crippen molar-refractivity contribution in [3.63, 3.8) is 0 Å². The summed E-state index contributed by atoms with van der Waals surface area (Å²) >= 11 is 12.6. The minimum atomic E-state index is -0.182.